The van der Waals surface area contributed by atoms with Crippen molar-refractivity contribution in [3.05, 3.63) is 40.4 Å². The maximum Gasteiger partial charge on any atom is 0.161 e. The Labute approximate surface area is 109 Å². The normalized spacial score (nSPS) is 10.7. The number of phenols is 1. The van der Waals surface area contributed by atoms with E-state index in [1.165, 1.54) is 12.1 Å². The number of hydrogen-bond donors (Lipinski definition) is 1. The summed E-state index contributed by atoms with van der Waals surface area (Å²) in [5.74, 6) is -0.395. The van der Waals surface area contributed by atoms with Crippen molar-refractivity contribution in [2.75, 3.05) is 0 Å². The van der Waals surface area contributed by atoms with Crippen molar-refractivity contribution in [2.45, 2.75) is 20.3 Å². The van der Waals surface area contributed by atoms with Gasteiger partial charge in [0.15, 0.2) is 5.82 Å². The number of rotatable bonds is 2. The molecule has 1 aromatic heterocycles. The fourth-order valence-corrected chi connectivity index (χ4v) is 2.15. The Hall–Kier alpha value is -1.68. The van der Waals surface area contributed by atoms with Gasteiger partial charge in [0.1, 0.15) is 16.7 Å². The molecule has 0 aliphatic heterocycles. The lowest BCUT2D eigenvalue weighted by molar-refractivity contribution is 0.469. The van der Waals surface area contributed by atoms with Gasteiger partial charge in [-0.3, -0.25) is 0 Å². The van der Waals surface area contributed by atoms with Gasteiger partial charge in [-0.1, -0.05) is 18.5 Å². The summed E-state index contributed by atoms with van der Waals surface area (Å²) in [6.07, 6.45) is 0.735. The van der Waals surface area contributed by atoms with Crippen LogP contribution in [-0.2, 0) is 6.42 Å². The van der Waals surface area contributed by atoms with Crippen LogP contribution < -0.4 is 0 Å². The molecule has 0 amide bonds. The van der Waals surface area contributed by atoms with Crippen molar-refractivity contribution in [1.82, 2.24) is 9.97 Å². The van der Waals surface area contributed by atoms with Gasteiger partial charge < -0.3 is 5.11 Å². The minimum Gasteiger partial charge on any atom is -0.508 e. The molecule has 0 spiro atoms. The number of halogens is 2. The summed E-state index contributed by atoms with van der Waals surface area (Å²) in [5.41, 5.74) is 2.04. The smallest absolute Gasteiger partial charge is 0.161 e. The van der Waals surface area contributed by atoms with E-state index in [0.29, 0.717) is 16.5 Å². The Bertz CT molecular complexity index is 558. The Balaban J connectivity index is 2.58. The third kappa shape index (κ3) is 2.43. The zero-order chi connectivity index (χ0) is 13.3. The van der Waals surface area contributed by atoms with Crippen LogP contribution in [0.25, 0.3) is 11.4 Å². The van der Waals surface area contributed by atoms with Crippen LogP contribution >= 0.6 is 11.6 Å². The molecule has 2 aromatic rings. The van der Waals surface area contributed by atoms with Gasteiger partial charge in [-0.25, -0.2) is 14.4 Å². The molecule has 94 valence electrons. The van der Waals surface area contributed by atoms with Gasteiger partial charge in [0.25, 0.3) is 0 Å². The van der Waals surface area contributed by atoms with Crippen LogP contribution in [-0.4, -0.2) is 15.1 Å². The van der Waals surface area contributed by atoms with Crippen LogP contribution in [0.3, 0.4) is 0 Å². The summed E-state index contributed by atoms with van der Waals surface area (Å²) in [6.45, 7) is 3.79. The summed E-state index contributed by atoms with van der Waals surface area (Å²) >= 11 is 6.06. The first-order chi connectivity index (χ1) is 8.51. The summed E-state index contributed by atoms with van der Waals surface area (Å²) in [5, 5.41) is 9.73. The molecule has 0 bridgehead atoms. The first kappa shape index (κ1) is 12.8. The number of phenolic OH excluding ortho intramolecular Hbond substituents is 1. The van der Waals surface area contributed by atoms with Crippen LogP contribution in [0.4, 0.5) is 4.39 Å². The minimum absolute atomic E-state index is 0.165. The summed E-state index contributed by atoms with van der Waals surface area (Å²) in [7, 11) is 0. The second-order valence-electron chi connectivity index (χ2n) is 3.95. The largest absolute Gasteiger partial charge is 0.508 e. The van der Waals surface area contributed by atoms with Crippen LogP contribution in [0.2, 0.25) is 5.15 Å². The predicted octanol–water partition coefficient (Wildman–Crippen LogP) is 3.51. The van der Waals surface area contributed by atoms with E-state index in [1.807, 2.05) is 13.8 Å². The van der Waals surface area contributed by atoms with E-state index in [0.717, 1.165) is 23.7 Å². The second kappa shape index (κ2) is 4.90. The van der Waals surface area contributed by atoms with Gasteiger partial charge in [0.2, 0.25) is 0 Å². The summed E-state index contributed by atoms with van der Waals surface area (Å²) in [6, 6.07) is 3.69. The molecule has 0 atom stereocenters. The fraction of sp³-hybridized carbons (Fsp3) is 0.231. The molecular formula is C13H12ClFN2O. The molecule has 1 aromatic carbocycles. The quantitative estimate of drug-likeness (QED) is 0.846. The van der Waals surface area contributed by atoms with Gasteiger partial charge in [-0.05, 0) is 25.5 Å². The number of nitrogens with zero attached hydrogens (tertiary/aromatic N) is 2. The van der Waals surface area contributed by atoms with E-state index in [1.54, 1.807) is 0 Å². The number of hydrogen-bond acceptors (Lipinski definition) is 3. The highest BCUT2D eigenvalue weighted by Gasteiger charge is 2.11. The molecule has 0 aliphatic carbocycles. The first-order valence-electron chi connectivity index (χ1n) is 5.54. The highest BCUT2D eigenvalue weighted by Crippen LogP contribution is 2.25. The first-order valence-corrected chi connectivity index (χ1v) is 5.92. The van der Waals surface area contributed by atoms with E-state index in [9.17, 15) is 9.50 Å². The van der Waals surface area contributed by atoms with E-state index in [4.69, 9.17) is 11.6 Å². The third-order valence-corrected chi connectivity index (χ3v) is 2.97. The number of aromatic nitrogens is 2. The van der Waals surface area contributed by atoms with Gasteiger partial charge in [0.05, 0.1) is 0 Å². The molecule has 0 unspecified atom stereocenters. The summed E-state index contributed by atoms with van der Waals surface area (Å²) < 4.78 is 13.2. The number of aryl methyl sites for hydroxylation is 1. The Morgan fingerprint density at radius 2 is 2.00 bits per heavy atom. The molecule has 0 fully saturated rings. The maximum absolute atomic E-state index is 13.2. The Morgan fingerprint density at radius 3 is 2.56 bits per heavy atom. The van der Waals surface area contributed by atoms with Crippen molar-refractivity contribution < 1.29 is 9.50 Å². The van der Waals surface area contributed by atoms with Gasteiger partial charge in [0, 0.05) is 22.9 Å². The lowest BCUT2D eigenvalue weighted by atomic mass is 10.1. The second-order valence-corrected chi connectivity index (χ2v) is 4.31. The molecule has 0 aliphatic rings. The average molecular weight is 267 g/mol. The molecule has 5 heteroatoms. The van der Waals surface area contributed by atoms with Crippen LogP contribution in [0.5, 0.6) is 5.75 Å². The molecule has 1 heterocycles. The lowest BCUT2D eigenvalue weighted by Gasteiger charge is -2.08. The minimum atomic E-state index is -0.540. The zero-order valence-electron chi connectivity index (χ0n) is 10.0. The maximum atomic E-state index is 13.2. The third-order valence-electron chi connectivity index (χ3n) is 2.66. The molecular weight excluding hydrogens is 255 g/mol. The standard InChI is InChI=1S/C13H12ClFN2O/c1-3-11-7(2)16-13(17-12(11)14)8-4-9(15)6-10(18)5-8/h4-6,18H,3H2,1-2H3. The van der Waals surface area contributed by atoms with Crippen LogP contribution in [0.1, 0.15) is 18.2 Å². The molecule has 0 saturated heterocycles. The highest BCUT2D eigenvalue weighted by molar-refractivity contribution is 6.30. The molecule has 1 N–H and O–H groups in total. The van der Waals surface area contributed by atoms with Gasteiger partial charge >= 0.3 is 0 Å². The SMILES string of the molecule is CCc1c(C)nc(-c2cc(O)cc(F)c2)nc1Cl. The Kier molecular flexibility index (Phi) is 3.48. The van der Waals surface area contributed by atoms with Crippen LogP contribution in [0.15, 0.2) is 18.2 Å². The number of benzene rings is 1. The van der Waals surface area contributed by atoms with Crippen molar-refractivity contribution in [1.29, 1.82) is 0 Å². The predicted molar refractivity (Wildman–Crippen MR) is 68.2 cm³/mol. The molecule has 0 saturated carbocycles. The molecule has 2 rings (SSSR count). The van der Waals surface area contributed by atoms with Gasteiger partial charge in [-0.15, -0.1) is 0 Å². The topological polar surface area (TPSA) is 46.0 Å². The van der Waals surface area contributed by atoms with Crippen molar-refractivity contribution >= 4 is 11.6 Å². The monoisotopic (exact) mass is 266 g/mol. The van der Waals surface area contributed by atoms with E-state index >= 15 is 0 Å². The van der Waals surface area contributed by atoms with E-state index in [-0.39, 0.29) is 5.75 Å². The molecule has 18 heavy (non-hydrogen) atoms. The average Bonchev–Trinajstić information content (AvgIpc) is 2.27. The number of aromatic hydroxyl groups is 1. The lowest BCUT2D eigenvalue weighted by Crippen LogP contribution is -1.99. The Morgan fingerprint density at radius 1 is 1.28 bits per heavy atom. The summed E-state index contributed by atoms with van der Waals surface area (Å²) in [4.78, 5) is 8.42. The zero-order valence-corrected chi connectivity index (χ0v) is 10.8. The molecule has 3 nitrogen and oxygen atoms in total. The van der Waals surface area contributed by atoms with E-state index in [2.05, 4.69) is 9.97 Å². The molecule has 0 radical (unpaired) electrons. The van der Waals surface area contributed by atoms with E-state index < -0.39 is 5.82 Å². The van der Waals surface area contributed by atoms with Crippen LogP contribution in [0, 0.1) is 12.7 Å². The fourth-order valence-electron chi connectivity index (χ4n) is 1.80. The van der Waals surface area contributed by atoms with Gasteiger partial charge in [-0.2, -0.15) is 0 Å². The highest BCUT2D eigenvalue weighted by atomic mass is 35.5. The van der Waals surface area contributed by atoms with Crippen molar-refractivity contribution in [3.8, 4) is 17.1 Å². The van der Waals surface area contributed by atoms with Crippen molar-refractivity contribution in [3.63, 3.8) is 0 Å². The van der Waals surface area contributed by atoms with Crippen molar-refractivity contribution in [2.24, 2.45) is 0 Å².